The summed E-state index contributed by atoms with van der Waals surface area (Å²) in [5, 5.41) is 5.50. The molecule has 2 aromatic carbocycles. The maximum absolute atomic E-state index is 12.0. The van der Waals surface area contributed by atoms with Gasteiger partial charge < -0.3 is 24.3 Å². The standard InChI is InChI=1S/C21H23NO6/c1-12(23)26-13-9-19(21(24)25-2)28-20(10-13)27-18-11-17-15(7-8-22-17)14-5-3-4-6-16(14)18/h3-6,11,13,19-20,22H,7-10H2,1-2H3. The molecule has 2 aliphatic rings. The predicted molar refractivity (Wildman–Crippen MR) is 102 cm³/mol. The van der Waals surface area contributed by atoms with E-state index in [1.807, 2.05) is 24.3 Å². The van der Waals surface area contributed by atoms with E-state index in [0.717, 1.165) is 29.4 Å². The van der Waals surface area contributed by atoms with Crippen LogP contribution in [-0.2, 0) is 30.2 Å². The van der Waals surface area contributed by atoms with E-state index < -0.39 is 30.4 Å². The average Bonchev–Trinajstić information content (AvgIpc) is 3.15. The quantitative estimate of drug-likeness (QED) is 0.810. The fraction of sp³-hybridized carbons (Fsp3) is 0.429. The normalized spacial score (nSPS) is 23.6. The van der Waals surface area contributed by atoms with Gasteiger partial charge in [-0.2, -0.15) is 0 Å². The molecule has 0 spiro atoms. The highest BCUT2D eigenvalue weighted by Gasteiger charge is 2.37. The van der Waals surface area contributed by atoms with Crippen LogP contribution in [0.1, 0.15) is 25.3 Å². The fourth-order valence-corrected chi connectivity index (χ4v) is 3.92. The molecule has 148 valence electrons. The number of ether oxygens (including phenoxy) is 4. The van der Waals surface area contributed by atoms with Gasteiger partial charge >= 0.3 is 11.9 Å². The second-order valence-electron chi connectivity index (χ2n) is 7.02. The number of hydrogen-bond donors (Lipinski definition) is 1. The Morgan fingerprint density at radius 1 is 1.18 bits per heavy atom. The molecule has 28 heavy (non-hydrogen) atoms. The number of rotatable bonds is 4. The molecule has 2 heterocycles. The Kier molecular flexibility index (Phi) is 5.09. The van der Waals surface area contributed by atoms with Crippen LogP contribution in [0.15, 0.2) is 30.3 Å². The van der Waals surface area contributed by atoms with Crippen molar-refractivity contribution < 1.29 is 28.5 Å². The summed E-state index contributed by atoms with van der Waals surface area (Å²) >= 11 is 0. The molecule has 1 saturated heterocycles. The van der Waals surface area contributed by atoms with Crippen LogP contribution < -0.4 is 10.1 Å². The number of carbonyl (C=O) groups is 2. The van der Waals surface area contributed by atoms with Gasteiger partial charge in [0.05, 0.1) is 7.11 Å². The second-order valence-corrected chi connectivity index (χ2v) is 7.02. The van der Waals surface area contributed by atoms with Gasteiger partial charge in [0.25, 0.3) is 0 Å². The lowest BCUT2D eigenvalue weighted by Gasteiger charge is -2.33. The Morgan fingerprint density at radius 3 is 2.71 bits per heavy atom. The zero-order valence-corrected chi connectivity index (χ0v) is 15.9. The number of nitrogens with one attached hydrogen (secondary N) is 1. The molecule has 0 bridgehead atoms. The van der Waals surface area contributed by atoms with Crippen LogP contribution in [0.25, 0.3) is 10.8 Å². The van der Waals surface area contributed by atoms with Gasteiger partial charge in [0.15, 0.2) is 6.10 Å². The van der Waals surface area contributed by atoms with E-state index in [2.05, 4.69) is 11.4 Å². The summed E-state index contributed by atoms with van der Waals surface area (Å²) in [5.74, 6) is -0.242. The van der Waals surface area contributed by atoms with Crippen LogP contribution in [0.5, 0.6) is 5.75 Å². The lowest BCUT2D eigenvalue weighted by Crippen LogP contribution is -2.44. The Bertz CT molecular complexity index is 911. The molecule has 0 aromatic heterocycles. The maximum Gasteiger partial charge on any atom is 0.335 e. The van der Waals surface area contributed by atoms with Gasteiger partial charge in [-0.05, 0) is 17.4 Å². The van der Waals surface area contributed by atoms with E-state index in [9.17, 15) is 9.59 Å². The van der Waals surface area contributed by atoms with Crippen LogP contribution in [0.3, 0.4) is 0 Å². The van der Waals surface area contributed by atoms with Gasteiger partial charge in [-0.15, -0.1) is 0 Å². The first-order valence-corrected chi connectivity index (χ1v) is 9.41. The lowest BCUT2D eigenvalue weighted by molar-refractivity contribution is -0.204. The number of anilines is 1. The van der Waals surface area contributed by atoms with E-state index in [1.54, 1.807) is 0 Å². The third kappa shape index (κ3) is 3.62. The highest BCUT2D eigenvalue weighted by molar-refractivity contribution is 5.96. The van der Waals surface area contributed by atoms with Gasteiger partial charge in [0.2, 0.25) is 6.29 Å². The van der Waals surface area contributed by atoms with E-state index in [-0.39, 0.29) is 6.42 Å². The number of esters is 2. The predicted octanol–water partition coefficient (Wildman–Crippen LogP) is 2.80. The molecular weight excluding hydrogens is 362 g/mol. The molecular formula is C21H23NO6. The van der Waals surface area contributed by atoms with Crippen molar-refractivity contribution in [2.45, 2.75) is 44.7 Å². The molecule has 0 amide bonds. The van der Waals surface area contributed by atoms with Crippen molar-refractivity contribution in [2.75, 3.05) is 19.0 Å². The van der Waals surface area contributed by atoms with Crippen LogP contribution in [0.2, 0.25) is 0 Å². The molecule has 0 radical (unpaired) electrons. The maximum atomic E-state index is 12.0. The summed E-state index contributed by atoms with van der Waals surface area (Å²) < 4.78 is 22.1. The van der Waals surface area contributed by atoms with Crippen LogP contribution >= 0.6 is 0 Å². The van der Waals surface area contributed by atoms with E-state index in [0.29, 0.717) is 12.2 Å². The topological polar surface area (TPSA) is 83.1 Å². The number of benzene rings is 2. The summed E-state index contributed by atoms with van der Waals surface area (Å²) in [4.78, 5) is 23.4. The minimum atomic E-state index is -0.841. The number of hydrogen-bond acceptors (Lipinski definition) is 7. The minimum Gasteiger partial charge on any atom is -0.467 e. The van der Waals surface area contributed by atoms with Crippen molar-refractivity contribution in [3.63, 3.8) is 0 Å². The molecule has 7 heteroatoms. The number of methoxy groups -OCH3 is 1. The van der Waals surface area contributed by atoms with Crippen molar-refractivity contribution in [1.29, 1.82) is 0 Å². The van der Waals surface area contributed by atoms with Crippen molar-refractivity contribution in [3.05, 3.63) is 35.9 Å². The van der Waals surface area contributed by atoms with Gasteiger partial charge in [-0.25, -0.2) is 4.79 Å². The molecule has 2 aromatic rings. The first-order valence-electron chi connectivity index (χ1n) is 9.41. The van der Waals surface area contributed by atoms with Crippen molar-refractivity contribution >= 4 is 28.4 Å². The molecule has 0 aliphatic carbocycles. The van der Waals surface area contributed by atoms with Gasteiger partial charge in [-0.1, -0.05) is 24.3 Å². The van der Waals surface area contributed by atoms with E-state index in [1.165, 1.54) is 19.6 Å². The zero-order valence-electron chi connectivity index (χ0n) is 15.9. The summed E-state index contributed by atoms with van der Waals surface area (Å²) in [5.41, 5.74) is 2.32. The smallest absolute Gasteiger partial charge is 0.335 e. The first kappa shape index (κ1) is 18.6. The Morgan fingerprint density at radius 2 is 1.96 bits per heavy atom. The average molecular weight is 385 g/mol. The molecule has 7 nitrogen and oxygen atoms in total. The van der Waals surface area contributed by atoms with Crippen LogP contribution in [0, 0.1) is 0 Å². The summed E-state index contributed by atoms with van der Waals surface area (Å²) in [7, 11) is 1.30. The molecule has 1 fully saturated rings. The lowest BCUT2D eigenvalue weighted by atomic mass is 10.0. The monoisotopic (exact) mass is 385 g/mol. The fourth-order valence-electron chi connectivity index (χ4n) is 3.92. The van der Waals surface area contributed by atoms with Crippen molar-refractivity contribution in [1.82, 2.24) is 0 Å². The third-order valence-corrected chi connectivity index (χ3v) is 5.11. The SMILES string of the molecule is COC(=O)C1CC(OC(C)=O)CC(Oc2cc3c(c4ccccc24)CCN3)O1. The van der Waals surface area contributed by atoms with Gasteiger partial charge in [0, 0.05) is 43.5 Å². The number of carbonyl (C=O) groups excluding carboxylic acids is 2. The molecule has 0 saturated carbocycles. The van der Waals surface area contributed by atoms with Crippen molar-refractivity contribution in [3.8, 4) is 5.75 Å². The van der Waals surface area contributed by atoms with Gasteiger partial charge in [-0.3, -0.25) is 4.79 Å². The van der Waals surface area contributed by atoms with Crippen LogP contribution in [0.4, 0.5) is 5.69 Å². The minimum absolute atomic E-state index is 0.249. The summed E-state index contributed by atoms with van der Waals surface area (Å²) in [6.45, 7) is 2.24. The van der Waals surface area contributed by atoms with Crippen LogP contribution in [-0.4, -0.2) is 44.1 Å². The molecule has 1 N–H and O–H groups in total. The summed E-state index contributed by atoms with van der Waals surface area (Å²) in [6.07, 6.45) is -0.490. The molecule has 3 unspecified atom stereocenters. The van der Waals surface area contributed by atoms with Crippen molar-refractivity contribution in [2.24, 2.45) is 0 Å². The molecule has 2 aliphatic heterocycles. The third-order valence-electron chi connectivity index (χ3n) is 5.11. The number of fused-ring (bicyclic) bond motifs is 3. The highest BCUT2D eigenvalue weighted by atomic mass is 16.7. The van der Waals surface area contributed by atoms with Gasteiger partial charge in [0.1, 0.15) is 11.9 Å². The Hall–Kier alpha value is -2.80. The highest BCUT2D eigenvalue weighted by Crippen LogP contribution is 2.38. The van der Waals surface area contributed by atoms with E-state index >= 15 is 0 Å². The first-order chi connectivity index (χ1) is 13.5. The van der Waals surface area contributed by atoms with E-state index in [4.69, 9.17) is 18.9 Å². The summed E-state index contributed by atoms with van der Waals surface area (Å²) in [6, 6.07) is 10.0. The largest absolute Gasteiger partial charge is 0.467 e. The zero-order chi connectivity index (χ0) is 19.7. The second kappa shape index (κ2) is 7.67. The molecule has 4 rings (SSSR count). The Labute approximate surface area is 162 Å². The Balaban J connectivity index is 1.63. The molecule has 3 atom stereocenters.